The predicted molar refractivity (Wildman–Crippen MR) is 61.6 cm³/mol. The van der Waals surface area contributed by atoms with Crippen LogP contribution in [0.15, 0.2) is 0 Å². The van der Waals surface area contributed by atoms with E-state index in [1.807, 2.05) is 0 Å². The Kier molecular flexibility index (Phi) is 4.30. The molecule has 0 aromatic carbocycles. The van der Waals surface area contributed by atoms with Gasteiger partial charge in [0, 0.05) is 0 Å². The molecule has 14 heavy (non-hydrogen) atoms. The van der Waals surface area contributed by atoms with Crippen LogP contribution < -0.4 is 0 Å². The molecule has 0 amide bonds. The monoisotopic (exact) mass is 224 g/mol. The summed E-state index contributed by atoms with van der Waals surface area (Å²) in [6, 6.07) is 0. The van der Waals surface area contributed by atoms with E-state index in [0.717, 1.165) is 24.7 Å². The van der Waals surface area contributed by atoms with E-state index in [1.165, 1.54) is 19.5 Å². The fraction of sp³-hybridized carbons (Fsp3) is 1.00. The second-order valence-corrected chi connectivity index (χ2v) is 7.85. The van der Waals surface area contributed by atoms with Gasteiger partial charge < -0.3 is 0 Å². The molecular weight excluding hydrogens is 201 g/mol. The summed E-state index contributed by atoms with van der Waals surface area (Å²) < 4.78 is 25.8. The molecule has 0 atom stereocenters. The fourth-order valence-electron chi connectivity index (χ4n) is 2.57. The van der Waals surface area contributed by atoms with Crippen LogP contribution in [0.3, 0.4) is 0 Å². The Morgan fingerprint density at radius 1 is 1.14 bits per heavy atom. The number of hydrogen-bond donors (Lipinski definition) is 0. The van der Waals surface area contributed by atoms with Crippen LogP contribution in [-0.2, 0) is 0 Å². The molecule has 0 aliphatic heterocycles. The van der Waals surface area contributed by atoms with Gasteiger partial charge in [-0.3, -0.25) is 0 Å². The van der Waals surface area contributed by atoms with Gasteiger partial charge in [-0.15, -0.1) is 0 Å². The number of hydrogen-bond acceptors (Lipinski definition) is 0. The van der Waals surface area contributed by atoms with Gasteiger partial charge in [-0.2, -0.15) is 0 Å². The average molecular weight is 224 g/mol. The van der Waals surface area contributed by atoms with E-state index < -0.39 is 7.88 Å². The maximum absolute atomic E-state index is 12.9. The van der Waals surface area contributed by atoms with Crippen LogP contribution in [0.2, 0.25) is 0 Å². The molecule has 1 rings (SSSR count). The summed E-state index contributed by atoms with van der Waals surface area (Å²) in [6.07, 6.45) is 4.66. The van der Waals surface area contributed by atoms with Crippen molar-refractivity contribution < 1.29 is 8.39 Å². The SMILES string of the molecule is CC(C)C1CCC(C[PH](C)(F)F)CC1. The molecule has 86 valence electrons. The molecule has 0 spiro atoms. The molecule has 1 fully saturated rings. The van der Waals surface area contributed by atoms with Gasteiger partial charge >= 0.3 is 86.4 Å². The third-order valence-corrected chi connectivity index (χ3v) is 4.78. The molecular formula is C11H23F2P. The van der Waals surface area contributed by atoms with E-state index in [4.69, 9.17) is 0 Å². The topological polar surface area (TPSA) is 0 Å². The van der Waals surface area contributed by atoms with E-state index in [-0.39, 0.29) is 6.16 Å². The van der Waals surface area contributed by atoms with Gasteiger partial charge in [0.05, 0.1) is 0 Å². The summed E-state index contributed by atoms with van der Waals surface area (Å²) >= 11 is 0. The molecule has 0 radical (unpaired) electrons. The zero-order valence-corrected chi connectivity index (χ0v) is 10.5. The summed E-state index contributed by atoms with van der Waals surface area (Å²) in [5.74, 6) is 1.85. The molecule has 0 aromatic heterocycles. The fourth-order valence-corrected chi connectivity index (χ4v) is 3.99. The van der Waals surface area contributed by atoms with Crippen molar-refractivity contribution in [1.29, 1.82) is 0 Å². The van der Waals surface area contributed by atoms with Gasteiger partial charge in [-0.1, -0.05) is 0 Å². The Balaban J connectivity index is 2.29. The van der Waals surface area contributed by atoms with Crippen molar-refractivity contribution in [2.24, 2.45) is 17.8 Å². The van der Waals surface area contributed by atoms with Gasteiger partial charge in [0.2, 0.25) is 0 Å². The quantitative estimate of drug-likeness (QED) is 0.615. The first kappa shape index (κ1) is 12.4. The molecule has 3 heteroatoms. The molecule has 0 unspecified atom stereocenters. The zero-order chi connectivity index (χ0) is 10.8. The van der Waals surface area contributed by atoms with Crippen LogP contribution in [0.5, 0.6) is 0 Å². The first-order valence-corrected chi connectivity index (χ1v) is 8.22. The van der Waals surface area contributed by atoms with Crippen LogP contribution in [0, 0.1) is 17.8 Å². The van der Waals surface area contributed by atoms with Crippen LogP contribution in [0.25, 0.3) is 0 Å². The third-order valence-electron chi connectivity index (χ3n) is 3.48. The molecule has 0 heterocycles. The Morgan fingerprint density at radius 3 is 2.00 bits per heavy atom. The Labute approximate surface area is 87.0 Å². The summed E-state index contributed by atoms with van der Waals surface area (Å²) in [5.41, 5.74) is 0. The van der Waals surface area contributed by atoms with E-state index >= 15 is 0 Å². The maximum atomic E-state index is 12.9. The summed E-state index contributed by atoms with van der Waals surface area (Å²) in [6.45, 7) is 5.67. The van der Waals surface area contributed by atoms with Crippen LogP contribution >= 0.6 is 7.88 Å². The zero-order valence-electron chi connectivity index (χ0n) is 9.52. The van der Waals surface area contributed by atoms with Crippen molar-refractivity contribution in [2.45, 2.75) is 39.5 Å². The van der Waals surface area contributed by atoms with Crippen LogP contribution in [-0.4, -0.2) is 12.8 Å². The van der Waals surface area contributed by atoms with Gasteiger partial charge in [0.15, 0.2) is 0 Å². The van der Waals surface area contributed by atoms with Crippen LogP contribution in [0.1, 0.15) is 39.5 Å². The van der Waals surface area contributed by atoms with Crippen molar-refractivity contribution >= 4 is 7.88 Å². The van der Waals surface area contributed by atoms with Gasteiger partial charge in [0.25, 0.3) is 0 Å². The van der Waals surface area contributed by atoms with Gasteiger partial charge in [0.1, 0.15) is 0 Å². The normalized spacial score (nSPS) is 30.7. The number of rotatable bonds is 3. The van der Waals surface area contributed by atoms with E-state index in [0.29, 0.717) is 5.92 Å². The minimum atomic E-state index is -3.79. The molecule has 1 aliphatic carbocycles. The first-order chi connectivity index (χ1) is 6.38. The minimum absolute atomic E-state index is 0.234. The van der Waals surface area contributed by atoms with Gasteiger partial charge in [-0.25, -0.2) is 0 Å². The number of halogens is 2. The Hall–Kier alpha value is 0.290. The molecule has 1 aliphatic rings. The van der Waals surface area contributed by atoms with Crippen molar-refractivity contribution in [3.05, 3.63) is 0 Å². The Morgan fingerprint density at radius 2 is 1.64 bits per heavy atom. The molecule has 0 saturated heterocycles. The molecule has 1 saturated carbocycles. The Bertz CT molecular complexity index is 167. The molecule has 0 bridgehead atoms. The summed E-state index contributed by atoms with van der Waals surface area (Å²) in [7, 11) is -3.79. The van der Waals surface area contributed by atoms with Crippen LogP contribution in [0.4, 0.5) is 8.39 Å². The van der Waals surface area contributed by atoms with Crippen molar-refractivity contribution in [3.8, 4) is 0 Å². The summed E-state index contributed by atoms with van der Waals surface area (Å²) in [4.78, 5) is 0. The van der Waals surface area contributed by atoms with E-state index in [2.05, 4.69) is 13.8 Å². The molecule has 0 aromatic rings. The second-order valence-electron chi connectivity index (χ2n) is 5.30. The first-order valence-electron chi connectivity index (χ1n) is 5.76. The van der Waals surface area contributed by atoms with Gasteiger partial charge in [-0.05, 0) is 0 Å². The molecule has 0 nitrogen and oxygen atoms in total. The van der Waals surface area contributed by atoms with Crippen molar-refractivity contribution in [2.75, 3.05) is 12.8 Å². The second kappa shape index (κ2) is 4.88. The summed E-state index contributed by atoms with van der Waals surface area (Å²) in [5, 5.41) is 0. The van der Waals surface area contributed by atoms with E-state index in [1.54, 1.807) is 0 Å². The van der Waals surface area contributed by atoms with Crippen molar-refractivity contribution in [1.82, 2.24) is 0 Å². The van der Waals surface area contributed by atoms with Crippen molar-refractivity contribution in [3.63, 3.8) is 0 Å². The average Bonchev–Trinajstić information content (AvgIpc) is 2.02. The molecule has 0 N–H and O–H groups in total. The predicted octanol–water partition coefficient (Wildman–Crippen LogP) is 4.60. The third kappa shape index (κ3) is 4.21. The van der Waals surface area contributed by atoms with E-state index in [9.17, 15) is 8.39 Å². The standard InChI is InChI=1S/C11H23F2P/c1-9(2)11-6-4-10(5-7-11)8-14(3,12)13/h9-11,14H,4-8H2,1-3H3.